The second-order valence-electron chi connectivity index (χ2n) is 4.02. The maximum Gasteiger partial charge on any atom is 0.347 e. The molecule has 2 N–H and O–H groups in total. The molecule has 0 rings (SSSR count). The van der Waals surface area contributed by atoms with Gasteiger partial charge >= 0.3 is 11.9 Å². The zero-order chi connectivity index (χ0) is 14.0. The molecule has 0 fully saturated rings. The number of carbonyl (C=O) groups is 2. The highest BCUT2D eigenvalue weighted by Crippen LogP contribution is 2.05. The molecule has 0 saturated heterocycles. The van der Waals surface area contributed by atoms with Crippen molar-refractivity contribution in [3.63, 3.8) is 0 Å². The highest BCUT2D eigenvalue weighted by Gasteiger charge is 2.20. The van der Waals surface area contributed by atoms with Crippen molar-refractivity contribution >= 4 is 11.9 Å². The Hall–Kier alpha value is -1.14. The highest BCUT2D eigenvalue weighted by atomic mass is 16.6. The van der Waals surface area contributed by atoms with Crippen LogP contribution in [0.25, 0.3) is 0 Å². The van der Waals surface area contributed by atoms with Crippen LogP contribution in [0.15, 0.2) is 0 Å². The lowest BCUT2D eigenvalue weighted by molar-refractivity contribution is -0.167. The number of ether oxygens (including phenoxy) is 2. The van der Waals surface area contributed by atoms with E-state index in [0.29, 0.717) is 12.8 Å². The highest BCUT2D eigenvalue weighted by molar-refractivity contribution is 5.79. The summed E-state index contributed by atoms with van der Waals surface area (Å²) in [5.41, 5.74) is 0. The molecule has 18 heavy (non-hydrogen) atoms. The fourth-order valence-corrected chi connectivity index (χ4v) is 1.28. The molecule has 6 heteroatoms. The van der Waals surface area contributed by atoms with E-state index in [9.17, 15) is 14.7 Å². The van der Waals surface area contributed by atoms with Crippen molar-refractivity contribution in [1.82, 2.24) is 0 Å². The molecular weight excluding hydrogens is 240 g/mol. The first-order chi connectivity index (χ1) is 8.51. The summed E-state index contributed by atoms with van der Waals surface area (Å²) in [5.74, 6) is -1.27. The Morgan fingerprint density at radius 3 is 2.56 bits per heavy atom. The third kappa shape index (κ3) is 8.03. The lowest BCUT2D eigenvalue weighted by Gasteiger charge is -2.14. The molecule has 2 unspecified atom stereocenters. The van der Waals surface area contributed by atoms with Gasteiger partial charge in [0.05, 0.1) is 19.1 Å². The largest absolute Gasteiger partial charge is 0.463 e. The van der Waals surface area contributed by atoms with Crippen LogP contribution in [-0.4, -0.2) is 47.6 Å². The van der Waals surface area contributed by atoms with Crippen molar-refractivity contribution in [2.75, 3.05) is 13.2 Å². The van der Waals surface area contributed by atoms with E-state index in [4.69, 9.17) is 14.6 Å². The van der Waals surface area contributed by atoms with E-state index >= 15 is 0 Å². The molecule has 0 aliphatic carbocycles. The average Bonchev–Trinajstić information content (AvgIpc) is 2.28. The first-order valence-electron chi connectivity index (χ1n) is 6.16. The Morgan fingerprint density at radius 2 is 2.00 bits per heavy atom. The van der Waals surface area contributed by atoms with Gasteiger partial charge in [0.2, 0.25) is 0 Å². The molecule has 0 aromatic heterocycles. The van der Waals surface area contributed by atoms with Crippen LogP contribution >= 0.6 is 0 Å². The van der Waals surface area contributed by atoms with Gasteiger partial charge in [-0.25, -0.2) is 4.79 Å². The zero-order valence-electron chi connectivity index (χ0n) is 10.9. The molecule has 0 spiro atoms. The summed E-state index contributed by atoms with van der Waals surface area (Å²) in [6.45, 7) is 3.33. The molecule has 0 bridgehead atoms. The van der Waals surface area contributed by atoms with Crippen LogP contribution in [0.3, 0.4) is 0 Å². The summed E-state index contributed by atoms with van der Waals surface area (Å²) in [6, 6.07) is 0. The molecule has 0 aromatic carbocycles. The monoisotopic (exact) mass is 262 g/mol. The maximum atomic E-state index is 11.3. The number of carbonyl (C=O) groups excluding carboxylic acids is 2. The second kappa shape index (κ2) is 9.85. The smallest absolute Gasteiger partial charge is 0.347 e. The molecule has 106 valence electrons. The first kappa shape index (κ1) is 16.9. The van der Waals surface area contributed by atoms with Crippen molar-refractivity contribution in [3.05, 3.63) is 0 Å². The standard InChI is InChI=1S/C12H22O6/c1-3-5-10(14)8-11(15)18-9(2)12(16)17-7-4-6-13/h9-10,13-14H,3-8H2,1-2H3. The molecule has 0 radical (unpaired) electrons. The maximum absolute atomic E-state index is 11.3. The van der Waals surface area contributed by atoms with Crippen molar-refractivity contribution in [2.24, 2.45) is 0 Å². The first-order valence-corrected chi connectivity index (χ1v) is 6.16. The van der Waals surface area contributed by atoms with E-state index in [1.807, 2.05) is 6.92 Å². The molecule has 0 heterocycles. The summed E-state index contributed by atoms with van der Waals surface area (Å²) >= 11 is 0. The number of esters is 2. The summed E-state index contributed by atoms with van der Waals surface area (Å²) in [6.07, 6.45) is -0.216. The Kier molecular flexibility index (Phi) is 9.22. The van der Waals surface area contributed by atoms with Gasteiger partial charge < -0.3 is 19.7 Å². The van der Waals surface area contributed by atoms with Crippen LogP contribution in [0.4, 0.5) is 0 Å². The number of hydrogen-bond acceptors (Lipinski definition) is 6. The van der Waals surface area contributed by atoms with Crippen LogP contribution in [0.2, 0.25) is 0 Å². The molecule has 6 nitrogen and oxygen atoms in total. The van der Waals surface area contributed by atoms with Crippen molar-refractivity contribution < 1.29 is 29.3 Å². The third-order valence-corrected chi connectivity index (χ3v) is 2.21. The van der Waals surface area contributed by atoms with Gasteiger partial charge in [-0.2, -0.15) is 0 Å². The third-order valence-electron chi connectivity index (χ3n) is 2.21. The number of aliphatic hydroxyl groups excluding tert-OH is 2. The topological polar surface area (TPSA) is 93.1 Å². The normalized spacial score (nSPS) is 13.8. The van der Waals surface area contributed by atoms with Gasteiger partial charge in [-0.15, -0.1) is 0 Å². The van der Waals surface area contributed by atoms with Gasteiger partial charge in [-0.3, -0.25) is 4.79 Å². The predicted octanol–water partition coefficient (Wildman–Crippen LogP) is 0.395. The Morgan fingerprint density at radius 1 is 1.33 bits per heavy atom. The van der Waals surface area contributed by atoms with E-state index in [1.54, 1.807) is 0 Å². The quantitative estimate of drug-likeness (QED) is 0.461. The molecule has 0 saturated carbocycles. The number of rotatable bonds is 9. The van der Waals surface area contributed by atoms with Crippen LogP contribution in [-0.2, 0) is 19.1 Å². The summed E-state index contributed by atoms with van der Waals surface area (Å²) in [4.78, 5) is 22.7. The minimum Gasteiger partial charge on any atom is -0.463 e. The van der Waals surface area contributed by atoms with Crippen LogP contribution < -0.4 is 0 Å². The lowest BCUT2D eigenvalue weighted by Crippen LogP contribution is -2.28. The summed E-state index contributed by atoms with van der Waals surface area (Å²) < 4.78 is 9.58. The van der Waals surface area contributed by atoms with E-state index in [0.717, 1.165) is 6.42 Å². The Balaban J connectivity index is 3.87. The summed E-state index contributed by atoms with van der Waals surface area (Å²) in [5, 5.41) is 17.9. The number of aliphatic hydroxyl groups is 2. The Bertz CT molecular complexity index is 253. The second-order valence-corrected chi connectivity index (χ2v) is 4.02. The van der Waals surface area contributed by atoms with Crippen molar-refractivity contribution in [2.45, 2.75) is 51.7 Å². The van der Waals surface area contributed by atoms with Gasteiger partial charge in [0.1, 0.15) is 0 Å². The van der Waals surface area contributed by atoms with E-state index < -0.39 is 24.1 Å². The lowest BCUT2D eigenvalue weighted by atomic mass is 10.1. The predicted molar refractivity (Wildman–Crippen MR) is 63.7 cm³/mol. The fraction of sp³-hybridized carbons (Fsp3) is 0.833. The van der Waals surface area contributed by atoms with Gasteiger partial charge in [0, 0.05) is 13.0 Å². The van der Waals surface area contributed by atoms with E-state index in [2.05, 4.69) is 0 Å². The van der Waals surface area contributed by atoms with Gasteiger partial charge in [-0.1, -0.05) is 13.3 Å². The van der Waals surface area contributed by atoms with Crippen LogP contribution in [0.1, 0.15) is 39.5 Å². The molecule has 2 atom stereocenters. The van der Waals surface area contributed by atoms with Gasteiger partial charge in [0.25, 0.3) is 0 Å². The summed E-state index contributed by atoms with van der Waals surface area (Å²) in [7, 11) is 0. The minimum atomic E-state index is -0.995. The number of hydrogen-bond donors (Lipinski definition) is 2. The Labute approximate surface area is 107 Å². The minimum absolute atomic E-state index is 0.0648. The van der Waals surface area contributed by atoms with Crippen LogP contribution in [0, 0.1) is 0 Å². The SMILES string of the molecule is CCCC(O)CC(=O)OC(C)C(=O)OCCCO. The molecule has 0 amide bonds. The van der Waals surface area contributed by atoms with E-state index in [1.165, 1.54) is 6.92 Å². The van der Waals surface area contributed by atoms with Crippen molar-refractivity contribution in [3.8, 4) is 0 Å². The van der Waals surface area contributed by atoms with Gasteiger partial charge in [-0.05, 0) is 13.3 Å². The van der Waals surface area contributed by atoms with Crippen LogP contribution in [0.5, 0.6) is 0 Å². The van der Waals surface area contributed by atoms with Gasteiger partial charge in [0.15, 0.2) is 6.10 Å². The van der Waals surface area contributed by atoms with E-state index in [-0.39, 0.29) is 19.6 Å². The molecule has 0 aliphatic rings. The molecular formula is C12H22O6. The van der Waals surface area contributed by atoms with Crippen molar-refractivity contribution in [1.29, 1.82) is 0 Å². The molecule has 0 aliphatic heterocycles. The molecule has 0 aromatic rings. The average molecular weight is 262 g/mol. The fourth-order valence-electron chi connectivity index (χ4n) is 1.28. The zero-order valence-corrected chi connectivity index (χ0v) is 10.9.